The van der Waals surface area contributed by atoms with Gasteiger partial charge in [0.1, 0.15) is 5.75 Å². The highest BCUT2D eigenvalue weighted by molar-refractivity contribution is 6.32. The van der Waals surface area contributed by atoms with Gasteiger partial charge in [0.25, 0.3) is 5.89 Å². The van der Waals surface area contributed by atoms with E-state index in [1.807, 2.05) is 51.2 Å². The lowest BCUT2D eigenvalue weighted by molar-refractivity contribution is -0.141. The highest BCUT2D eigenvalue weighted by Gasteiger charge is 2.32. The number of carboxylic acids is 1. The Morgan fingerprint density at radius 2 is 1.91 bits per heavy atom. The van der Waals surface area contributed by atoms with Gasteiger partial charge in [0.2, 0.25) is 5.82 Å². The van der Waals surface area contributed by atoms with E-state index in [4.69, 9.17) is 20.9 Å². The van der Waals surface area contributed by atoms with E-state index < -0.39 is 5.97 Å². The summed E-state index contributed by atoms with van der Waals surface area (Å²) >= 11 is 6.33. The van der Waals surface area contributed by atoms with Gasteiger partial charge in [0.05, 0.1) is 17.0 Å². The number of anilines is 1. The van der Waals surface area contributed by atoms with Gasteiger partial charge >= 0.3 is 5.97 Å². The van der Waals surface area contributed by atoms with E-state index in [-0.39, 0.29) is 18.1 Å². The molecule has 0 amide bonds. The van der Waals surface area contributed by atoms with E-state index in [2.05, 4.69) is 15.0 Å². The molecule has 1 aliphatic carbocycles. The van der Waals surface area contributed by atoms with Gasteiger partial charge in [-0.25, -0.2) is 0 Å². The molecule has 8 heteroatoms. The Labute approximate surface area is 192 Å². The van der Waals surface area contributed by atoms with Crippen molar-refractivity contribution in [2.24, 2.45) is 5.92 Å². The molecule has 1 aromatic heterocycles. The van der Waals surface area contributed by atoms with Crippen LogP contribution in [0.4, 0.5) is 5.69 Å². The molecule has 0 saturated heterocycles. The number of aliphatic carboxylic acids is 1. The van der Waals surface area contributed by atoms with Gasteiger partial charge in [0, 0.05) is 29.9 Å². The van der Waals surface area contributed by atoms with Crippen molar-refractivity contribution in [1.29, 1.82) is 0 Å². The van der Waals surface area contributed by atoms with Crippen molar-refractivity contribution in [1.82, 2.24) is 10.1 Å². The molecule has 2 atom stereocenters. The largest absolute Gasteiger partial charge is 0.489 e. The van der Waals surface area contributed by atoms with Crippen LogP contribution in [0.3, 0.4) is 0 Å². The molecule has 1 fully saturated rings. The van der Waals surface area contributed by atoms with Crippen LogP contribution >= 0.6 is 11.6 Å². The number of ether oxygens (including phenoxy) is 1. The minimum atomic E-state index is -0.702. The van der Waals surface area contributed by atoms with Crippen molar-refractivity contribution in [2.75, 3.05) is 11.9 Å². The highest BCUT2D eigenvalue weighted by Crippen LogP contribution is 2.33. The molecular weight excluding hydrogens is 430 g/mol. The van der Waals surface area contributed by atoms with E-state index in [1.165, 1.54) is 0 Å². The molecule has 3 aromatic rings. The predicted octanol–water partition coefficient (Wildman–Crippen LogP) is 5.53. The number of hydrogen-bond acceptors (Lipinski definition) is 6. The molecule has 1 N–H and O–H groups in total. The Bertz CT molecular complexity index is 1100. The second-order valence-corrected chi connectivity index (χ2v) is 8.80. The van der Waals surface area contributed by atoms with Crippen LogP contribution in [0.2, 0.25) is 5.02 Å². The molecular formula is C24H26ClN3O4. The van der Waals surface area contributed by atoms with Gasteiger partial charge < -0.3 is 19.3 Å². The van der Waals surface area contributed by atoms with Crippen LogP contribution in [0.25, 0.3) is 22.8 Å². The van der Waals surface area contributed by atoms with Crippen LogP contribution in [0.5, 0.6) is 5.75 Å². The van der Waals surface area contributed by atoms with E-state index in [1.54, 1.807) is 12.1 Å². The molecule has 4 rings (SSSR count). The van der Waals surface area contributed by atoms with Crippen LogP contribution < -0.4 is 9.64 Å². The van der Waals surface area contributed by atoms with Gasteiger partial charge in [-0.2, -0.15) is 4.98 Å². The van der Waals surface area contributed by atoms with Crippen molar-refractivity contribution in [3.8, 4) is 28.6 Å². The summed E-state index contributed by atoms with van der Waals surface area (Å²) in [4.78, 5) is 17.9. The van der Waals surface area contributed by atoms with Gasteiger partial charge in [-0.15, -0.1) is 0 Å². The zero-order valence-corrected chi connectivity index (χ0v) is 19.0. The average molecular weight is 456 g/mol. The molecule has 0 aliphatic heterocycles. The van der Waals surface area contributed by atoms with E-state index in [9.17, 15) is 9.90 Å². The molecule has 1 aliphatic rings. The third kappa shape index (κ3) is 4.72. The maximum atomic E-state index is 11.2. The van der Waals surface area contributed by atoms with E-state index >= 15 is 0 Å². The summed E-state index contributed by atoms with van der Waals surface area (Å²) in [6, 6.07) is 13.5. The monoisotopic (exact) mass is 455 g/mol. The van der Waals surface area contributed by atoms with Crippen LogP contribution in [-0.4, -0.2) is 40.4 Å². The standard InChI is InChI=1S/C24H26ClN3O4/c1-14(2)31-21-11-7-16(13-20(21)25)22-26-23(32-27-22)15-4-8-18(9-5-15)28(3)19-10-6-17(12-19)24(29)30/h4-5,7-9,11,13-14,17,19H,6,10,12H2,1-3H3,(H,29,30)/t17-,19?/m0/s1. The minimum absolute atomic E-state index is 0.0319. The number of rotatable bonds is 7. The maximum absolute atomic E-state index is 11.2. The zero-order chi connectivity index (χ0) is 22.8. The van der Waals surface area contributed by atoms with Crippen molar-refractivity contribution in [3.63, 3.8) is 0 Å². The number of halogens is 1. The Kier molecular flexibility index (Phi) is 6.37. The Morgan fingerprint density at radius 3 is 2.53 bits per heavy atom. The molecule has 168 valence electrons. The van der Waals surface area contributed by atoms with Crippen molar-refractivity contribution < 1.29 is 19.2 Å². The topological polar surface area (TPSA) is 88.7 Å². The van der Waals surface area contributed by atoms with Crippen LogP contribution in [0.1, 0.15) is 33.1 Å². The van der Waals surface area contributed by atoms with E-state index in [0.29, 0.717) is 28.9 Å². The Hall–Kier alpha value is -3.06. The molecule has 2 aromatic carbocycles. The molecule has 1 heterocycles. The van der Waals surface area contributed by atoms with Gasteiger partial charge in [-0.3, -0.25) is 4.79 Å². The van der Waals surface area contributed by atoms with Gasteiger partial charge in [0.15, 0.2) is 0 Å². The summed E-state index contributed by atoms with van der Waals surface area (Å²) in [5.74, 6) is 0.528. The zero-order valence-electron chi connectivity index (χ0n) is 18.3. The maximum Gasteiger partial charge on any atom is 0.306 e. The third-order valence-corrected chi connectivity index (χ3v) is 6.10. The number of nitrogens with zero attached hydrogens (tertiary/aromatic N) is 3. The first-order chi connectivity index (χ1) is 15.3. The summed E-state index contributed by atoms with van der Waals surface area (Å²) < 4.78 is 11.1. The average Bonchev–Trinajstić information content (AvgIpc) is 3.45. The minimum Gasteiger partial charge on any atom is -0.489 e. The molecule has 0 radical (unpaired) electrons. The third-order valence-electron chi connectivity index (χ3n) is 5.80. The lowest BCUT2D eigenvalue weighted by Crippen LogP contribution is -2.29. The van der Waals surface area contributed by atoms with Crippen molar-refractivity contribution >= 4 is 23.3 Å². The molecule has 0 bridgehead atoms. The fraction of sp³-hybridized carbons (Fsp3) is 0.375. The summed E-state index contributed by atoms with van der Waals surface area (Å²) in [6.45, 7) is 3.89. The Balaban J connectivity index is 1.47. The molecule has 1 unspecified atom stereocenters. The SMILES string of the molecule is CC(C)Oc1ccc(-c2noc(-c3ccc(N(C)C4CC[C@H](C(=O)O)C4)cc3)n2)cc1Cl. The summed E-state index contributed by atoms with van der Waals surface area (Å²) in [5, 5.41) is 13.8. The highest BCUT2D eigenvalue weighted by atomic mass is 35.5. The summed E-state index contributed by atoms with van der Waals surface area (Å²) in [5.41, 5.74) is 2.57. The van der Waals surface area contributed by atoms with Crippen LogP contribution in [0.15, 0.2) is 47.0 Å². The van der Waals surface area contributed by atoms with Crippen LogP contribution in [-0.2, 0) is 4.79 Å². The lowest BCUT2D eigenvalue weighted by Gasteiger charge is -2.26. The number of carboxylic acid groups (broad SMARTS) is 1. The second kappa shape index (κ2) is 9.20. The second-order valence-electron chi connectivity index (χ2n) is 8.39. The quantitative estimate of drug-likeness (QED) is 0.500. The number of benzene rings is 2. The first-order valence-corrected chi connectivity index (χ1v) is 11.1. The molecule has 7 nitrogen and oxygen atoms in total. The molecule has 32 heavy (non-hydrogen) atoms. The van der Waals surface area contributed by atoms with Gasteiger partial charge in [-0.05, 0) is 75.6 Å². The number of carbonyl (C=O) groups is 1. The molecule has 1 saturated carbocycles. The first kappa shape index (κ1) is 22.1. The molecule has 0 spiro atoms. The van der Waals surface area contributed by atoms with Crippen molar-refractivity contribution in [2.45, 2.75) is 45.3 Å². The fourth-order valence-electron chi connectivity index (χ4n) is 4.03. The predicted molar refractivity (Wildman–Crippen MR) is 123 cm³/mol. The number of aromatic nitrogens is 2. The normalized spacial score (nSPS) is 18.2. The number of hydrogen-bond donors (Lipinski definition) is 1. The fourth-order valence-corrected chi connectivity index (χ4v) is 4.26. The summed E-state index contributed by atoms with van der Waals surface area (Å²) in [7, 11) is 2.01. The van der Waals surface area contributed by atoms with Crippen LogP contribution in [0, 0.1) is 5.92 Å². The smallest absolute Gasteiger partial charge is 0.306 e. The van der Waals surface area contributed by atoms with Crippen molar-refractivity contribution in [3.05, 3.63) is 47.5 Å². The Morgan fingerprint density at radius 1 is 1.19 bits per heavy atom. The lowest BCUT2D eigenvalue weighted by atomic mass is 10.1. The van der Waals surface area contributed by atoms with E-state index in [0.717, 1.165) is 29.7 Å². The summed E-state index contributed by atoms with van der Waals surface area (Å²) in [6.07, 6.45) is 2.31. The first-order valence-electron chi connectivity index (χ1n) is 10.7. The van der Waals surface area contributed by atoms with Gasteiger partial charge in [-0.1, -0.05) is 16.8 Å².